The average molecular weight is 338 g/mol. The summed E-state index contributed by atoms with van der Waals surface area (Å²) in [6.45, 7) is 0. The highest BCUT2D eigenvalue weighted by atomic mass is 79.9. The predicted octanol–water partition coefficient (Wildman–Crippen LogP) is 3.21. The van der Waals surface area contributed by atoms with Crippen LogP contribution in [0.2, 0.25) is 0 Å². The van der Waals surface area contributed by atoms with E-state index in [1.54, 1.807) is 0 Å². The highest BCUT2D eigenvalue weighted by Gasteiger charge is 2.33. The number of sulfone groups is 1. The first-order chi connectivity index (χ1) is 8.02. The van der Waals surface area contributed by atoms with Gasteiger partial charge in [-0.05, 0) is 30.0 Å². The van der Waals surface area contributed by atoms with Crippen molar-refractivity contribution in [2.45, 2.75) is 12.3 Å². The molecule has 94 valence electrons. The van der Waals surface area contributed by atoms with Gasteiger partial charge >= 0.3 is 0 Å². The lowest BCUT2D eigenvalue weighted by molar-refractivity contribution is 0.501. The third-order valence-electron chi connectivity index (χ3n) is 3.30. The molecule has 2 rings (SSSR count). The van der Waals surface area contributed by atoms with Gasteiger partial charge in [0.05, 0.1) is 11.5 Å². The van der Waals surface area contributed by atoms with Crippen molar-refractivity contribution in [3.63, 3.8) is 0 Å². The Kier molecular flexibility index (Phi) is 4.16. The number of hydrogen-bond donors (Lipinski definition) is 0. The minimum atomic E-state index is -2.83. The van der Waals surface area contributed by atoms with Crippen molar-refractivity contribution in [3.05, 3.63) is 34.3 Å². The molecule has 2 unspecified atom stereocenters. The SMILES string of the molecule is O=S1(=O)CCC(C(CCl)c2ccc(Br)cc2)C1. The van der Waals surface area contributed by atoms with E-state index in [1.807, 2.05) is 24.3 Å². The zero-order valence-electron chi connectivity index (χ0n) is 9.27. The topological polar surface area (TPSA) is 34.1 Å². The van der Waals surface area contributed by atoms with Crippen molar-refractivity contribution < 1.29 is 8.42 Å². The Morgan fingerprint density at radius 1 is 1.35 bits per heavy atom. The van der Waals surface area contributed by atoms with E-state index in [-0.39, 0.29) is 17.6 Å². The summed E-state index contributed by atoms with van der Waals surface area (Å²) in [5.41, 5.74) is 1.13. The quantitative estimate of drug-likeness (QED) is 0.794. The molecule has 0 spiro atoms. The van der Waals surface area contributed by atoms with Crippen LogP contribution in [0.15, 0.2) is 28.7 Å². The molecule has 0 amide bonds. The Hall–Kier alpha value is -0.0600. The Bertz CT molecular complexity index is 484. The van der Waals surface area contributed by atoms with Gasteiger partial charge in [0.1, 0.15) is 0 Å². The highest BCUT2D eigenvalue weighted by molar-refractivity contribution is 9.10. The molecule has 1 aliphatic rings. The molecule has 2 nitrogen and oxygen atoms in total. The monoisotopic (exact) mass is 336 g/mol. The van der Waals surface area contributed by atoms with E-state index in [0.29, 0.717) is 11.6 Å². The lowest BCUT2D eigenvalue weighted by Crippen LogP contribution is -2.16. The first-order valence-electron chi connectivity index (χ1n) is 5.54. The smallest absolute Gasteiger partial charge is 0.150 e. The van der Waals surface area contributed by atoms with Gasteiger partial charge in [-0.15, -0.1) is 11.6 Å². The molecule has 1 heterocycles. The van der Waals surface area contributed by atoms with E-state index in [1.165, 1.54) is 0 Å². The molecular weight excluding hydrogens is 324 g/mol. The van der Waals surface area contributed by atoms with E-state index in [2.05, 4.69) is 15.9 Å². The summed E-state index contributed by atoms with van der Waals surface area (Å²) in [5, 5.41) is 0. The van der Waals surface area contributed by atoms with Crippen LogP contribution in [0.25, 0.3) is 0 Å². The minimum Gasteiger partial charge on any atom is -0.229 e. The number of alkyl halides is 1. The summed E-state index contributed by atoms with van der Waals surface area (Å²) in [6, 6.07) is 7.97. The Labute approximate surface area is 115 Å². The van der Waals surface area contributed by atoms with Gasteiger partial charge in [0.25, 0.3) is 0 Å². The fourth-order valence-corrected chi connectivity index (χ4v) is 4.91. The Morgan fingerprint density at radius 2 is 2.00 bits per heavy atom. The summed E-state index contributed by atoms with van der Waals surface area (Å²) >= 11 is 9.40. The number of rotatable bonds is 3. The number of halogens is 2. The maximum absolute atomic E-state index is 11.5. The second kappa shape index (κ2) is 5.29. The molecule has 0 saturated carbocycles. The molecule has 1 aromatic carbocycles. The summed E-state index contributed by atoms with van der Waals surface area (Å²) in [6.07, 6.45) is 0.732. The third kappa shape index (κ3) is 3.24. The molecule has 0 N–H and O–H groups in total. The van der Waals surface area contributed by atoms with Gasteiger partial charge in [0, 0.05) is 16.3 Å². The second-order valence-electron chi connectivity index (χ2n) is 4.48. The first kappa shape index (κ1) is 13.4. The van der Waals surface area contributed by atoms with Gasteiger partial charge in [-0.25, -0.2) is 8.42 Å². The lowest BCUT2D eigenvalue weighted by Gasteiger charge is -2.20. The zero-order valence-corrected chi connectivity index (χ0v) is 12.4. The molecule has 1 aliphatic heterocycles. The highest BCUT2D eigenvalue weighted by Crippen LogP contribution is 2.34. The van der Waals surface area contributed by atoms with E-state index in [4.69, 9.17) is 11.6 Å². The van der Waals surface area contributed by atoms with Crippen LogP contribution >= 0.6 is 27.5 Å². The van der Waals surface area contributed by atoms with Gasteiger partial charge in [-0.3, -0.25) is 0 Å². The fraction of sp³-hybridized carbons (Fsp3) is 0.500. The van der Waals surface area contributed by atoms with Crippen LogP contribution < -0.4 is 0 Å². The summed E-state index contributed by atoms with van der Waals surface area (Å²) in [7, 11) is -2.83. The van der Waals surface area contributed by atoms with Crippen molar-refractivity contribution in [2.75, 3.05) is 17.4 Å². The molecule has 1 aromatic rings. The maximum atomic E-state index is 11.5. The standard InChI is InChI=1S/C12H14BrClO2S/c13-11-3-1-9(2-4-11)12(7-14)10-5-6-17(15,16)8-10/h1-4,10,12H,5-8H2. The van der Waals surface area contributed by atoms with Crippen LogP contribution in [0.5, 0.6) is 0 Å². The predicted molar refractivity (Wildman–Crippen MR) is 74.4 cm³/mol. The third-order valence-corrected chi connectivity index (χ3v) is 5.96. The van der Waals surface area contributed by atoms with Gasteiger partial charge in [0.2, 0.25) is 0 Å². The lowest BCUT2D eigenvalue weighted by atomic mass is 9.87. The number of benzene rings is 1. The van der Waals surface area contributed by atoms with Crippen molar-refractivity contribution >= 4 is 37.4 Å². The molecule has 0 aliphatic carbocycles. The van der Waals surface area contributed by atoms with E-state index >= 15 is 0 Å². The number of hydrogen-bond acceptors (Lipinski definition) is 2. The van der Waals surface area contributed by atoms with E-state index < -0.39 is 9.84 Å². The molecular formula is C12H14BrClO2S. The van der Waals surface area contributed by atoms with Crippen LogP contribution in [0, 0.1) is 5.92 Å². The molecule has 0 bridgehead atoms. The molecule has 17 heavy (non-hydrogen) atoms. The van der Waals surface area contributed by atoms with Crippen molar-refractivity contribution in [2.24, 2.45) is 5.92 Å². The molecule has 0 aromatic heterocycles. The Morgan fingerprint density at radius 3 is 2.47 bits per heavy atom. The van der Waals surface area contributed by atoms with Crippen molar-refractivity contribution in [3.8, 4) is 0 Å². The minimum absolute atomic E-state index is 0.141. The van der Waals surface area contributed by atoms with Crippen LogP contribution in [0.1, 0.15) is 17.9 Å². The molecule has 1 saturated heterocycles. The molecule has 1 fully saturated rings. The van der Waals surface area contributed by atoms with Crippen molar-refractivity contribution in [1.82, 2.24) is 0 Å². The van der Waals surface area contributed by atoms with Gasteiger partial charge in [-0.1, -0.05) is 28.1 Å². The summed E-state index contributed by atoms with van der Waals surface area (Å²) in [4.78, 5) is 0. The maximum Gasteiger partial charge on any atom is 0.150 e. The largest absolute Gasteiger partial charge is 0.229 e. The van der Waals surface area contributed by atoms with Gasteiger partial charge < -0.3 is 0 Å². The molecule has 5 heteroatoms. The summed E-state index contributed by atoms with van der Waals surface area (Å²) < 4.78 is 24.0. The van der Waals surface area contributed by atoms with Gasteiger partial charge in [-0.2, -0.15) is 0 Å². The van der Waals surface area contributed by atoms with Crippen LogP contribution in [-0.2, 0) is 9.84 Å². The van der Waals surface area contributed by atoms with Crippen LogP contribution in [0.3, 0.4) is 0 Å². The van der Waals surface area contributed by atoms with E-state index in [0.717, 1.165) is 16.5 Å². The average Bonchev–Trinajstić information content (AvgIpc) is 2.63. The summed E-state index contributed by atoms with van der Waals surface area (Å²) in [5.74, 6) is 1.37. The molecule has 2 atom stereocenters. The van der Waals surface area contributed by atoms with Crippen LogP contribution in [-0.4, -0.2) is 25.8 Å². The fourth-order valence-electron chi connectivity index (χ4n) is 2.34. The first-order valence-corrected chi connectivity index (χ1v) is 8.68. The molecule has 0 radical (unpaired) electrons. The van der Waals surface area contributed by atoms with E-state index in [9.17, 15) is 8.42 Å². The van der Waals surface area contributed by atoms with Crippen molar-refractivity contribution in [1.29, 1.82) is 0 Å². The second-order valence-corrected chi connectivity index (χ2v) is 7.93. The zero-order chi connectivity index (χ0) is 12.5. The van der Waals surface area contributed by atoms with Gasteiger partial charge in [0.15, 0.2) is 9.84 Å². The normalized spacial score (nSPS) is 24.7. The van der Waals surface area contributed by atoms with Crippen LogP contribution in [0.4, 0.5) is 0 Å². The Balaban J connectivity index is 2.20.